The third-order valence-electron chi connectivity index (χ3n) is 4.15. The van der Waals surface area contributed by atoms with Crippen molar-refractivity contribution in [1.82, 2.24) is 10.2 Å². The second-order valence-corrected chi connectivity index (χ2v) is 6.16. The number of aromatic nitrogens is 2. The fourth-order valence-corrected chi connectivity index (χ4v) is 2.38. The summed E-state index contributed by atoms with van der Waals surface area (Å²) in [6.45, 7) is 5.93. The van der Waals surface area contributed by atoms with Gasteiger partial charge in [-0.2, -0.15) is 0 Å². The summed E-state index contributed by atoms with van der Waals surface area (Å²) < 4.78 is 5.78. The molecule has 0 aliphatic rings. The van der Waals surface area contributed by atoms with Crippen LogP contribution in [0.1, 0.15) is 25.8 Å². The van der Waals surface area contributed by atoms with Gasteiger partial charge in [0.15, 0.2) is 0 Å². The molecule has 2 aromatic carbocycles. The summed E-state index contributed by atoms with van der Waals surface area (Å²) in [7, 11) is 0. The first kappa shape index (κ1) is 16.9. The standard InChI is InChI=1S/C20H21N3O2/c1-4-14(3)18(24)21-17-10-8-15(9-11-17)19-22-23-20(25-19)16-7-5-6-13(2)12-16/h5-12,14H,4H2,1-3H3,(H,21,24)/t14-/m0/s1. The molecule has 128 valence electrons. The van der Waals surface area contributed by atoms with Crippen LogP contribution in [-0.2, 0) is 4.79 Å². The molecule has 0 radical (unpaired) electrons. The Balaban J connectivity index is 1.76. The van der Waals surface area contributed by atoms with Crippen LogP contribution in [0.5, 0.6) is 0 Å². The van der Waals surface area contributed by atoms with Crippen molar-refractivity contribution in [3.05, 3.63) is 54.1 Å². The molecule has 0 unspecified atom stereocenters. The monoisotopic (exact) mass is 335 g/mol. The van der Waals surface area contributed by atoms with Crippen LogP contribution in [0.3, 0.4) is 0 Å². The van der Waals surface area contributed by atoms with Crippen molar-refractivity contribution < 1.29 is 9.21 Å². The minimum absolute atomic E-state index is 0.00694. The van der Waals surface area contributed by atoms with Gasteiger partial charge in [0.1, 0.15) is 0 Å². The second kappa shape index (κ2) is 7.30. The molecule has 3 aromatic rings. The van der Waals surface area contributed by atoms with Gasteiger partial charge in [0.05, 0.1) is 0 Å². The highest BCUT2D eigenvalue weighted by molar-refractivity contribution is 5.92. The molecule has 1 heterocycles. The molecule has 0 fully saturated rings. The third kappa shape index (κ3) is 3.94. The molecule has 0 saturated carbocycles. The number of benzene rings is 2. The van der Waals surface area contributed by atoms with E-state index < -0.39 is 0 Å². The number of rotatable bonds is 5. The molecule has 0 saturated heterocycles. The lowest BCUT2D eigenvalue weighted by Crippen LogP contribution is -2.19. The van der Waals surface area contributed by atoms with Crippen molar-refractivity contribution in [2.24, 2.45) is 5.92 Å². The Kier molecular flexibility index (Phi) is 4.93. The number of nitrogens with one attached hydrogen (secondary N) is 1. The molecule has 0 aliphatic heterocycles. The Hall–Kier alpha value is -2.95. The van der Waals surface area contributed by atoms with E-state index in [-0.39, 0.29) is 11.8 Å². The Bertz CT molecular complexity index is 869. The minimum Gasteiger partial charge on any atom is -0.416 e. The fraction of sp³-hybridized carbons (Fsp3) is 0.250. The van der Waals surface area contributed by atoms with Crippen molar-refractivity contribution in [2.75, 3.05) is 5.32 Å². The van der Waals surface area contributed by atoms with E-state index in [9.17, 15) is 4.79 Å². The minimum atomic E-state index is -0.00694. The van der Waals surface area contributed by atoms with Crippen LogP contribution in [0.2, 0.25) is 0 Å². The molecular weight excluding hydrogens is 314 g/mol. The molecule has 5 heteroatoms. The molecule has 1 amide bonds. The quantitative estimate of drug-likeness (QED) is 0.734. The smallest absolute Gasteiger partial charge is 0.248 e. The van der Waals surface area contributed by atoms with Crippen LogP contribution in [0.25, 0.3) is 22.9 Å². The average molecular weight is 335 g/mol. The zero-order valence-corrected chi connectivity index (χ0v) is 14.6. The lowest BCUT2D eigenvalue weighted by atomic mass is 10.1. The first-order valence-corrected chi connectivity index (χ1v) is 8.38. The van der Waals surface area contributed by atoms with Crippen molar-refractivity contribution >= 4 is 11.6 Å². The SMILES string of the molecule is CC[C@H](C)C(=O)Nc1ccc(-c2nnc(-c3cccc(C)c3)o2)cc1. The molecular formula is C20H21N3O2. The van der Waals surface area contributed by atoms with Crippen molar-refractivity contribution in [3.8, 4) is 22.9 Å². The zero-order valence-electron chi connectivity index (χ0n) is 14.6. The van der Waals surface area contributed by atoms with Gasteiger partial charge in [-0.3, -0.25) is 4.79 Å². The highest BCUT2D eigenvalue weighted by Gasteiger charge is 2.12. The van der Waals surface area contributed by atoms with Gasteiger partial charge >= 0.3 is 0 Å². The lowest BCUT2D eigenvalue weighted by molar-refractivity contribution is -0.119. The fourth-order valence-electron chi connectivity index (χ4n) is 2.38. The molecule has 1 N–H and O–H groups in total. The number of amides is 1. The van der Waals surface area contributed by atoms with Crippen molar-refractivity contribution in [3.63, 3.8) is 0 Å². The van der Waals surface area contributed by atoms with Crippen molar-refractivity contribution in [1.29, 1.82) is 0 Å². The van der Waals surface area contributed by atoms with Crippen LogP contribution >= 0.6 is 0 Å². The third-order valence-corrected chi connectivity index (χ3v) is 4.15. The Morgan fingerprint density at radius 1 is 1.08 bits per heavy atom. The van der Waals surface area contributed by atoms with Gasteiger partial charge in [-0.25, -0.2) is 0 Å². The molecule has 1 aromatic heterocycles. The number of carbonyl (C=O) groups is 1. The Morgan fingerprint density at radius 3 is 2.40 bits per heavy atom. The van der Waals surface area contributed by atoms with Crippen molar-refractivity contribution in [2.45, 2.75) is 27.2 Å². The van der Waals surface area contributed by atoms with Crippen LogP contribution < -0.4 is 5.32 Å². The Labute approximate surface area is 147 Å². The molecule has 0 bridgehead atoms. The number of hydrogen-bond donors (Lipinski definition) is 1. The average Bonchev–Trinajstić information content (AvgIpc) is 3.11. The van der Waals surface area contributed by atoms with E-state index in [1.54, 1.807) is 0 Å². The zero-order chi connectivity index (χ0) is 17.8. The van der Waals surface area contributed by atoms with Crippen LogP contribution in [0, 0.1) is 12.8 Å². The lowest BCUT2D eigenvalue weighted by Gasteiger charge is -2.09. The summed E-state index contributed by atoms with van der Waals surface area (Å²) in [5, 5.41) is 11.1. The van der Waals surface area contributed by atoms with Crippen LogP contribution in [-0.4, -0.2) is 16.1 Å². The summed E-state index contributed by atoms with van der Waals surface area (Å²) >= 11 is 0. The van der Waals surface area contributed by atoms with E-state index in [4.69, 9.17) is 4.42 Å². The molecule has 0 aliphatic carbocycles. The number of hydrogen-bond acceptors (Lipinski definition) is 4. The molecule has 1 atom stereocenters. The number of carbonyl (C=O) groups excluding carboxylic acids is 1. The number of aryl methyl sites for hydroxylation is 1. The number of anilines is 1. The predicted octanol–water partition coefficient (Wildman–Crippen LogP) is 4.70. The van der Waals surface area contributed by atoms with E-state index in [0.717, 1.165) is 28.8 Å². The highest BCUT2D eigenvalue weighted by atomic mass is 16.4. The van der Waals surface area contributed by atoms with Gasteiger partial charge in [-0.05, 0) is 49.7 Å². The van der Waals surface area contributed by atoms with Gasteiger partial charge in [0.25, 0.3) is 0 Å². The maximum Gasteiger partial charge on any atom is 0.248 e. The summed E-state index contributed by atoms with van der Waals surface area (Å²) in [6.07, 6.45) is 0.813. The van der Waals surface area contributed by atoms with E-state index in [0.29, 0.717) is 11.8 Å². The predicted molar refractivity (Wildman–Crippen MR) is 98.0 cm³/mol. The van der Waals surface area contributed by atoms with Gasteiger partial charge in [0.2, 0.25) is 17.7 Å². The molecule has 25 heavy (non-hydrogen) atoms. The van der Waals surface area contributed by atoms with E-state index >= 15 is 0 Å². The van der Waals surface area contributed by atoms with Gasteiger partial charge < -0.3 is 9.73 Å². The molecule has 0 spiro atoms. The van der Waals surface area contributed by atoms with Crippen LogP contribution in [0.4, 0.5) is 5.69 Å². The largest absolute Gasteiger partial charge is 0.416 e. The van der Waals surface area contributed by atoms with E-state index in [1.165, 1.54) is 0 Å². The van der Waals surface area contributed by atoms with E-state index in [2.05, 4.69) is 15.5 Å². The van der Waals surface area contributed by atoms with E-state index in [1.807, 2.05) is 69.3 Å². The number of nitrogens with zero attached hydrogens (tertiary/aromatic N) is 2. The summed E-state index contributed by atoms with van der Waals surface area (Å²) in [5.41, 5.74) is 3.61. The summed E-state index contributed by atoms with van der Waals surface area (Å²) in [4.78, 5) is 11.9. The van der Waals surface area contributed by atoms with Gasteiger partial charge in [0, 0.05) is 22.7 Å². The summed E-state index contributed by atoms with van der Waals surface area (Å²) in [6, 6.07) is 15.3. The maximum atomic E-state index is 11.9. The first-order chi connectivity index (χ1) is 12.1. The first-order valence-electron chi connectivity index (χ1n) is 8.38. The normalized spacial score (nSPS) is 12.0. The second-order valence-electron chi connectivity index (χ2n) is 6.16. The molecule has 3 rings (SSSR count). The highest BCUT2D eigenvalue weighted by Crippen LogP contribution is 2.25. The topological polar surface area (TPSA) is 68.0 Å². The van der Waals surface area contributed by atoms with Crippen LogP contribution in [0.15, 0.2) is 52.9 Å². The summed E-state index contributed by atoms with van der Waals surface area (Å²) in [5.74, 6) is 0.964. The Morgan fingerprint density at radius 2 is 1.76 bits per heavy atom. The van der Waals surface area contributed by atoms with Gasteiger partial charge in [-0.1, -0.05) is 31.5 Å². The maximum absolute atomic E-state index is 11.9. The van der Waals surface area contributed by atoms with Gasteiger partial charge in [-0.15, -0.1) is 10.2 Å². The molecule has 5 nitrogen and oxygen atoms in total.